The predicted molar refractivity (Wildman–Crippen MR) is 72.9 cm³/mol. The van der Waals surface area contributed by atoms with Gasteiger partial charge in [0.05, 0.1) is 5.25 Å². The van der Waals surface area contributed by atoms with E-state index in [-0.39, 0.29) is 5.25 Å². The van der Waals surface area contributed by atoms with Gasteiger partial charge >= 0.3 is 0 Å². The van der Waals surface area contributed by atoms with Crippen molar-refractivity contribution in [1.29, 1.82) is 0 Å². The maximum Gasteiger partial charge on any atom is 0.150 e. The van der Waals surface area contributed by atoms with Gasteiger partial charge in [-0.3, -0.25) is 0 Å². The summed E-state index contributed by atoms with van der Waals surface area (Å²) in [7, 11) is -2.86. The largest absolute Gasteiger partial charge is 0.311 e. The first-order chi connectivity index (χ1) is 7.79. The average molecular weight is 261 g/mol. The van der Waals surface area contributed by atoms with E-state index in [9.17, 15) is 8.42 Å². The molecule has 0 bridgehead atoms. The minimum Gasteiger partial charge on any atom is -0.311 e. The maximum absolute atomic E-state index is 11.6. The summed E-state index contributed by atoms with van der Waals surface area (Å²) in [5.74, 6) is 0.687. The fourth-order valence-corrected chi connectivity index (χ4v) is 4.04. The fraction of sp³-hybridized carbons (Fsp3) is 1.00. The number of hydrogen-bond donors (Lipinski definition) is 1. The zero-order valence-electron chi connectivity index (χ0n) is 11.6. The molecule has 0 saturated heterocycles. The van der Waals surface area contributed by atoms with Gasteiger partial charge in [0.25, 0.3) is 0 Å². The summed E-state index contributed by atoms with van der Waals surface area (Å²) in [5, 5.41) is 3.46. The van der Waals surface area contributed by atoms with Crippen LogP contribution in [-0.4, -0.2) is 32.0 Å². The lowest BCUT2D eigenvalue weighted by Crippen LogP contribution is -2.43. The molecule has 0 aliphatic heterocycles. The Hall–Kier alpha value is -0.0900. The molecule has 3 atom stereocenters. The van der Waals surface area contributed by atoms with Crippen molar-refractivity contribution in [3.05, 3.63) is 0 Å². The van der Waals surface area contributed by atoms with Gasteiger partial charge in [0.1, 0.15) is 9.84 Å². The average Bonchev–Trinajstić information content (AvgIpc) is 2.15. The third kappa shape index (κ3) is 5.38. The van der Waals surface area contributed by atoms with Gasteiger partial charge < -0.3 is 5.32 Å². The van der Waals surface area contributed by atoms with Crippen molar-refractivity contribution in [3.63, 3.8) is 0 Å². The minimum absolute atomic E-state index is 0.125. The molecule has 0 radical (unpaired) electrons. The summed E-state index contributed by atoms with van der Waals surface area (Å²) in [6, 6.07) is 0.871. The van der Waals surface area contributed by atoms with Crippen LogP contribution < -0.4 is 5.32 Å². The second kappa shape index (κ2) is 6.19. The second-order valence-electron chi connectivity index (χ2n) is 6.01. The molecule has 1 saturated carbocycles. The molecule has 0 aromatic rings. The van der Waals surface area contributed by atoms with Crippen LogP contribution in [0.3, 0.4) is 0 Å². The van der Waals surface area contributed by atoms with E-state index >= 15 is 0 Å². The third-order valence-electron chi connectivity index (χ3n) is 3.58. The summed E-state index contributed by atoms with van der Waals surface area (Å²) in [6.45, 7) is 6.64. The quantitative estimate of drug-likeness (QED) is 0.826. The molecule has 17 heavy (non-hydrogen) atoms. The van der Waals surface area contributed by atoms with Crippen molar-refractivity contribution in [2.75, 3.05) is 6.26 Å². The molecule has 4 heteroatoms. The van der Waals surface area contributed by atoms with Gasteiger partial charge in [-0.15, -0.1) is 0 Å². The van der Waals surface area contributed by atoms with E-state index in [2.05, 4.69) is 26.1 Å². The van der Waals surface area contributed by atoms with Crippen molar-refractivity contribution < 1.29 is 8.42 Å². The molecule has 0 amide bonds. The molecule has 3 unspecified atom stereocenters. The summed E-state index contributed by atoms with van der Waals surface area (Å²) in [4.78, 5) is 0. The van der Waals surface area contributed by atoms with E-state index < -0.39 is 9.84 Å². The first kappa shape index (κ1) is 15.0. The van der Waals surface area contributed by atoms with E-state index in [0.29, 0.717) is 18.0 Å². The van der Waals surface area contributed by atoms with Crippen molar-refractivity contribution in [2.45, 2.75) is 70.2 Å². The normalized spacial score (nSPS) is 28.3. The Morgan fingerprint density at radius 2 is 1.88 bits per heavy atom. The molecule has 0 heterocycles. The lowest BCUT2D eigenvalue weighted by atomic mass is 9.93. The Labute approximate surface area is 106 Å². The number of hydrogen-bond acceptors (Lipinski definition) is 3. The van der Waals surface area contributed by atoms with Crippen LogP contribution in [0.1, 0.15) is 52.9 Å². The summed E-state index contributed by atoms with van der Waals surface area (Å²) in [6.07, 6.45) is 6.31. The Bertz CT molecular complexity index is 324. The Kier molecular flexibility index (Phi) is 5.45. The second-order valence-corrected chi connectivity index (χ2v) is 8.34. The Morgan fingerprint density at radius 3 is 2.41 bits per heavy atom. The van der Waals surface area contributed by atoms with Gasteiger partial charge in [0.2, 0.25) is 0 Å². The molecular weight excluding hydrogens is 234 g/mol. The molecule has 3 nitrogen and oxygen atoms in total. The Morgan fingerprint density at radius 1 is 1.24 bits per heavy atom. The van der Waals surface area contributed by atoms with Crippen LogP contribution in [0.5, 0.6) is 0 Å². The number of nitrogens with one attached hydrogen (secondary N) is 1. The van der Waals surface area contributed by atoms with Gasteiger partial charge in [-0.05, 0) is 38.5 Å². The standard InChI is InChI=1S/C13H27NO2S/c1-10(2)8-11(3)14-12-6-5-7-13(9-12)17(4,15)16/h10-14H,5-9H2,1-4H3. The fourth-order valence-electron chi connectivity index (χ4n) is 2.86. The van der Waals surface area contributed by atoms with Crippen LogP contribution >= 0.6 is 0 Å². The Balaban J connectivity index is 2.45. The lowest BCUT2D eigenvalue weighted by Gasteiger charge is -2.31. The van der Waals surface area contributed by atoms with E-state index in [1.807, 2.05) is 0 Å². The molecule has 0 spiro atoms. The molecule has 0 aromatic carbocycles. The highest BCUT2D eigenvalue weighted by Crippen LogP contribution is 2.24. The van der Waals surface area contributed by atoms with Crippen LogP contribution in [0.25, 0.3) is 0 Å². The highest BCUT2D eigenvalue weighted by molar-refractivity contribution is 7.91. The molecule has 1 aliphatic rings. The molecule has 1 aliphatic carbocycles. The minimum atomic E-state index is -2.86. The smallest absolute Gasteiger partial charge is 0.150 e. The van der Waals surface area contributed by atoms with Crippen LogP contribution in [0.15, 0.2) is 0 Å². The van der Waals surface area contributed by atoms with Gasteiger partial charge in [-0.1, -0.05) is 20.3 Å². The first-order valence-electron chi connectivity index (χ1n) is 6.74. The highest BCUT2D eigenvalue weighted by Gasteiger charge is 2.29. The van der Waals surface area contributed by atoms with Gasteiger partial charge in [0, 0.05) is 18.3 Å². The lowest BCUT2D eigenvalue weighted by molar-refractivity contribution is 0.322. The summed E-state index contributed by atoms with van der Waals surface area (Å²) >= 11 is 0. The molecule has 1 N–H and O–H groups in total. The maximum atomic E-state index is 11.6. The number of rotatable bonds is 5. The van der Waals surface area contributed by atoms with Gasteiger partial charge in [-0.25, -0.2) is 8.42 Å². The van der Waals surface area contributed by atoms with Gasteiger partial charge in [-0.2, -0.15) is 0 Å². The third-order valence-corrected chi connectivity index (χ3v) is 5.22. The van der Waals surface area contributed by atoms with E-state index in [0.717, 1.165) is 32.1 Å². The molecule has 1 fully saturated rings. The highest BCUT2D eigenvalue weighted by atomic mass is 32.2. The molecule has 1 rings (SSSR count). The van der Waals surface area contributed by atoms with E-state index in [4.69, 9.17) is 0 Å². The van der Waals surface area contributed by atoms with E-state index in [1.165, 1.54) is 6.26 Å². The monoisotopic (exact) mass is 261 g/mol. The van der Waals surface area contributed by atoms with Crippen molar-refractivity contribution >= 4 is 9.84 Å². The van der Waals surface area contributed by atoms with Crippen molar-refractivity contribution in [1.82, 2.24) is 5.32 Å². The molecular formula is C13H27NO2S. The van der Waals surface area contributed by atoms with Crippen molar-refractivity contribution in [3.8, 4) is 0 Å². The SMILES string of the molecule is CC(C)CC(C)NC1CCCC(S(C)(=O)=O)C1. The number of sulfone groups is 1. The van der Waals surface area contributed by atoms with E-state index in [1.54, 1.807) is 0 Å². The van der Waals surface area contributed by atoms with Crippen LogP contribution in [-0.2, 0) is 9.84 Å². The zero-order chi connectivity index (χ0) is 13.1. The zero-order valence-corrected chi connectivity index (χ0v) is 12.4. The van der Waals surface area contributed by atoms with Crippen LogP contribution in [0.2, 0.25) is 0 Å². The first-order valence-corrected chi connectivity index (χ1v) is 8.69. The topological polar surface area (TPSA) is 46.2 Å². The van der Waals surface area contributed by atoms with Crippen LogP contribution in [0.4, 0.5) is 0 Å². The van der Waals surface area contributed by atoms with Gasteiger partial charge in [0.15, 0.2) is 0 Å². The predicted octanol–water partition coefficient (Wildman–Crippen LogP) is 2.37. The molecule has 102 valence electrons. The summed E-state index contributed by atoms with van der Waals surface area (Å²) < 4.78 is 23.1. The summed E-state index contributed by atoms with van der Waals surface area (Å²) in [5.41, 5.74) is 0. The van der Waals surface area contributed by atoms with Crippen molar-refractivity contribution in [2.24, 2.45) is 5.92 Å². The molecule has 0 aromatic heterocycles. The van der Waals surface area contributed by atoms with Crippen LogP contribution in [0, 0.1) is 5.92 Å².